The minimum Gasteiger partial charge on any atom is -0.384 e. The summed E-state index contributed by atoms with van der Waals surface area (Å²) in [6, 6.07) is 56.4. The molecule has 0 fully saturated rings. The zero-order valence-corrected chi connectivity index (χ0v) is 24.5. The molecule has 0 atom stereocenters. The number of hydrogen-bond acceptors (Lipinski definition) is 2. The van der Waals surface area contributed by atoms with Crippen LogP contribution in [0.2, 0.25) is 0 Å². The van der Waals surface area contributed by atoms with Gasteiger partial charge in [0.05, 0.1) is 16.8 Å². The van der Waals surface area contributed by atoms with Crippen LogP contribution in [-0.4, -0.2) is 5.84 Å². The van der Waals surface area contributed by atoms with Gasteiger partial charge in [-0.15, -0.1) is 0 Å². The average Bonchev–Trinajstić information content (AvgIpc) is 3.39. The van der Waals surface area contributed by atoms with Crippen LogP contribution in [0.25, 0.3) is 33.0 Å². The van der Waals surface area contributed by atoms with Crippen LogP contribution < -0.4 is 10.6 Å². The highest BCUT2D eigenvalue weighted by Gasteiger charge is 2.52. The highest BCUT2D eigenvalue weighted by atomic mass is 15.2. The number of amidine groups is 1. The molecule has 3 nitrogen and oxygen atoms in total. The molecular weight excluding hydrogens is 546 g/mol. The van der Waals surface area contributed by atoms with Crippen molar-refractivity contribution in [2.75, 3.05) is 4.90 Å². The zero-order chi connectivity index (χ0) is 30.1. The summed E-state index contributed by atoms with van der Waals surface area (Å²) in [7, 11) is 0. The Morgan fingerprint density at radius 1 is 0.533 bits per heavy atom. The van der Waals surface area contributed by atoms with E-state index in [-0.39, 0.29) is 5.84 Å². The lowest BCUT2D eigenvalue weighted by atomic mass is 9.64. The molecule has 9 rings (SSSR count). The Hall–Kier alpha value is -5.93. The number of para-hydroxylation sites is 3. The maximum atomic E-state index is 8.68. The maximum absolute atomic E-state index is 8.68. The fourth-order valence-corrected chi connectivity index (χ4v) is 7.93. The number of nitrogens with zero attached hydrogens (tertiary/aromatic N) is 1. The van der Waals surface area contributed by atoms with Crippen molar-refractivity contribution in [2.45, 2.75) is 5.41 Å². The van der Waals surface area contributed by atoms with Crippen molar-refractivity contribution in [3.63, 3.8) is 0 Å². The van der Waals surface area contributed by atoms with Crippen LogP contribution in [0.5, 0.6) is 0 Å². The van der Waals surface area contributed by atoms with Crippen LogP contribution in [0.3, 0.4) is 0 Å². The lowest BCUT2D eigenvalue weighted by molar-refractivity contribution is 0.752. The quantitative estimate of drug-likeness (QED) is 0.163. The molecule has 0 amide bonds. The Bertz CT molecular complexity index is 2270. The van der Waals surface area contributed by atoms with Crippen molar-refractivity contribution < 1.29 is 0 Å². The third-order valence-electron chi connectivity index (χ3n) is 9.66. The van der Waals surface area contributed by atoms with E-state index < -0.39 is 5.41 Å². The third-order valence-corrected chi connectivity index (χ3v) is 9.66. The normalized spacial score (nSPS) is 13.6. The van der Waals surface area contributed by atoms with Crippen LogP contribution in [0.4, 0.5) is 17.1 Å². The van der Waals surface area contributed by atoms with Crippen molar-refractivity contribution in [1.82, 2.24) is 0 Å². The summed E-state index contributed by atoms with van der Waals surface area (Å²) in [5.74, 6) is 0.0775. The Morgan fingerprint density at radius 2 is 1.16 bits per heavy atom. The number of fused-ring (bicyclic) bond motifs is 10. The van der Waals surface area contributed by atoms with E-state index in [0.717, 1.165) is 44.9 Å². The second-order valence-electron chi connectivity index (χ2n) is 11.9. The minimum atomic E-state index is -0.591. The molecule has 3 N–H and O–H groups in total. The molecule has 1 aliphatic heterocycles. The number of benzene rings is 7. The van der Waals surface area contributed by atoms with Gasteiger partial charge in [0, 0.05) is 11.3 Å². The summed E-state index contributed by atoms with van der Waals surface area (Å²) in [5.41, 5.74) is 19.2. The number of nitrogen functional groups attached to an aromatic ring is 1. The summed E-state index contributed by atoms with van der Waals surface area (Å²) < 4.78 is 0. The number of nitrogens with two attached hydrogens (primary N) is 1. The molecule has 0 saturated carbocycles. The molecule has 1 heterocycles. The smallest absolute Gasteiger partial charge is 0.123 e. The Labute approximate surface area is 262 Å². The van der Waals surface area contributed by atoms with Crippen LogP contribution in [0.1, 0.15) is 27.8 Å². The van der Waals surface area contributed by atoms with E-state index in [1.54, 1.807) is 0 Å². The second kappa shape index (κ2) is 9.54. The Morgan fingerprint density at radius 3 is 1.91 bits per heavy atom. The van der Waals surface area contributed by atoms with Gasteiger partial charge < -0.3 is 10.6 Å². The largest absolute Gasteiger partial charge is 0.384 e. The molecule has 45 heavy (non-hydrogen) atoms. The minimum absolute atomic E-state index is 0.0775. The lowest BCUT2D eigenvalue weighted by Gasteiger charge is -2.45. The van der Waals surface area contributed by atoms with Crippen molar-refractivity contribution in [1.29, 1.82) is 5.41 Å². The highest BCUT2D eigenvalue weighted by molar-refractivity contribution is 6.07. The molecule has 0 bridgehead atoms. The summed E-state index contributed by atoms with van der Waals surface area (Å²) in [5, 5.41) is 11.1. The summed E-state index contributed by atoms with van der Waals surface area (Å²) in [6.07, 6.45) is 0. The third kappa shape index (κ3) is 3.44. The second-order valence-corrected chi connectivity index (χ2v) is 11.9. The van der Waals surface area contributed by atoms with Gasteiger partial charge in [0.15, 0.2) is 0 Å². The van der Waals surface area contributed by atoms with E-state index in [1.165, 1.54) is 33.0 Å². The van der Waals surface area contributed by atoms with Crippen LogP contribution >= 0.6 is 0 Å². The standard InChI is InChI=1S/C42H29N3/c43-41(44)32-18-11-21-37-40(32)33-26-28(31-17-10-13-27-12-4-5-16-30(27)31)24-25-34(33)42(37)35-19-6-8-22-38(35)45(29-14-2-1-3-15-29)39-23-9-7-20-36(39)42/h1-26H,(H3,43,44). The molecule has 7 aromatic rings. The fourth-order valence-electron chi connectivity index (χ4n) is 7.93. The van der Waals surface area contributed by atoms with Gasteiger partial charge in [0.2, 0.25) is 0 Å². The zero-order valence-electron chi connectivity index (χ0n) is 24.5. The van der Waals surface area contributed by atoms with Gasteiger partial charge in [-0.1, -0.05) is 127 Å². The van der Waals surface area contributed by atoms with Gasteiger partial charge in [-0.3, -0.25) is 5.41 Å². The van der Waals surface area contributed by atoms with Crippen LogP contribution in [0, 0.1) is 5.41 Å². The van der Waals surface area contributed by atoms with E-state index in [0.29, 0.717) is 0 Å². The molecule has 3 heteroatoms. The van der Waals surface area contributed by atoms with Gasteiger partial charge in [-0.05, 0) is 85.6 Å². The summed E-state index contributed by atoms with van der Waals surface area (Å²) in [4.78, 5) is 2.38. The first-order valence-corrected chi connectivity index (χ1v) is 15.3. The van der Waals surface area contributed by atoms with E-state index in [1.807, 2.05) is 6.07 Å². The Balaban J connectivity index is 1.41. The van der Waals surface area contributed by atoms with Crippen molar-refractivity contribution in [3.05, 3.63) is 186 Å². The van der Waals surface area contributed by atoms with E-state index in [2.05, 4.69) is 157 Å². The topological polar surface area (TPSA) is 53.1 Å². The molecule has 212 valence electrons. The average molecular weight is 576 g/mol. The predicted molar refractivity (Wildman–Crippen MR) is 186 cm³/mol. The van der Waals surface area contributed by atoms with Crippen molar-refractivity contribution in [2.24, 2.45) is 5.73 Å². The fraction of sp³-hybridized carbons (Fsp3) is 0.0238. The van der Waals surface area contributed by atoms with E-state index in [9.17, 15) is 0 Å². The van der Waals surface area contributed by atoms with Gasteiger partial charge >= 0.3 is 0 Å². The molecule has 1 aliphatic carbocycles. The number of rotatable bonds is 3. The molecule has 2 aliphatic rings. The molecule has 0 saturated heterocycles. The van der Waals surface area contributed by atoms with Crippen LogP contribution in [-0.2, 0) is 5.41 Å². The van der Waals surface area contributed by atoms with E-state index >= 15 is 0 Å². The summed E-state index contributed by atoms with van der Waals surface area (Å²) >= 11 is 0. The first kappa shape index (κ1) is 25.6. The summed E-state index contributed by atoms with van der Waals surface area (Å²) in [6.45, 7) is 0. The number of nitrogens with one attached hydrogen (secondary N) is 1. The molecular formula is C42H29N3. The van der Waals surface area contributed by atoms with Gasteiger partial charge in [0.1, 0.15) is 5.84 Å². The highest BCUT2D eigenvalue weighted by Crippen LogP contribution is 2.64. The van der Waals surface area contributed by atoms with Gasteiger partial charge in [0.25, 0.3) is 0 Å². The lowest BCUT2D eigenvalue weighted by Crippen LogP contribution is -2.36. The first-order chi connectivity index (χ1) is 22.2. The Kier molecular flexibility index (Phi) is 5.42. The monoisotopic (exact) mass is 575 g/mol. The van der Waals surface area contributed by atoms with E-state index in [4.69, 9.17) is 11.1 Å². The number of hydrogen-bond donors (Lipinski definition) is 2. The molecule has 0 radical (unpaired) electrons. The van der Waals surface area contributed by atoms with Crippen molar-refractivity contribution >= 4 is 33.7 Å². The first-order valence-electron chi connectivity index (χ1n) is 15.3. The molecule has 7 aromatic carbocycles. The van der Waals surface area contributed by atoms with Gasteiger partial charge in [-0.2, -0.15) is 0 Å². The molecule has 0 aromatic heterocycles. The van der Waals surface area contributed by atoms with Crippen molar-refractivity contribution in [3.8, 4) is 22.3 Å². The van der Waals surface area contributed by atoms with Crippen LogP contribution in [0.15, 0.2) is 158 Å². The molecule has 0 unspecified atom stereocenters. The predicted octanol–water partition coefficient (Wildman–Crippen LogP) is 9.94. The molecule has 1 spiro atoms. The maximum Gasteiger partial charge on any atom is 0.123 e. The SMILES string of the molecule is N=C(N)c1cccc2c1-c1cc(-c3cccc4ccccc34)ccc1C21c2ccccc2N(c2ccccc2)c2ccccc21. The van der Waals surface area contributed by atoms with Gasteiger partial charge in [-0.25, -0.2) is 0 Å². The number of anilines is 3.